The Kier molecular flexibility index (Phi) is 5.58. The van der Waals surface area contributed by atoms with Crippen molar-refractivity contribution in [2.24, 2.45) is 5.73 Å². The summed E-state index contributed by atoms with van der Waals surface area (Å²) in [5.41, 5.74) is 5.76. The second kappa shape index (κ2) is 8.64. The number of carbonyl (C=O) groups is 2. The van der Waals surface area contributed by atoms with Crippen molar-refractivity contribution in [1.29, 1.82) is 0 Å². The largest absolute Gasteiger partial charge is 0.366 e. The molecule has 4 rings (SSSR count). The van der Waals surface area contributed by atoms with Gasteiger partial charge in [-0.25, -0.2) is 4.79 Å². The summed E-state index contributed by atoms with van der Waals surface area (Å²) in [6.07, 6.45) is 4.72. The van der Waals surface area contributed by atoms with E-state index in [-0.39, 0.29) is 24.5 Å². The zero-order valence-electron chi connectivity index (χ0n) is 16.8. The molecule has 0 fully saturated rings. The van der Waals surface area contributed by atoms with E-state index in [9.17, 15) is 19.2 Å². The molecule has 0 unspecified atom stereocenters. The number of primary amides is 1. The lowest BCUT2D eigenvalue weighted by atomic mass is 10.2. The van der Waals surface area contributed by atoms with Gasteiger partial charge in [-0.1, -0.05) is 0 Å². The van der Waals surface area contributed by atoms with E-state index in [1.165, 1.54) is 16.7 Å². The van der Waals surface area contributed by atoms with Crippen molar-refractivity contribution >= 4 is 17.5 Å². The molecule has 3 heterocycles. The number of anilines is 1. The molecule has 0 atom stereocenters. The van der Waals surface area contributed by atoms with Crippen LogP contribution in [0.1, 0.15) is 15.9 Å². The predicted molar refractivity (Wildman–Crippen MR) is 116 cm³/mol. The molecule has 10 heteroatoms. The molecule has 0 spiro atoms. The van der Waals surface area contributed by atoms with E-state index in [4.69, 9.17) is 5.73 Å². The van der Waals surface area contributed by atoms with Gasteiger partial charge < -0.3 is 15.6 Å². The summed E-state index contributed by atoms with van der Waals surface area (Å²) in [7, 11) is 0. The fourth-order valence-electron chi connectivity index (χ4n) is 3.23. The van der Waals surface area contributed by atoms with Crippen LogP contribution in [-0.4, -0.2) is 30.9 Å². The summed E-state index contributed by atoms with van der Waals surface area (Å²) in [6, 6.07) is 12.7. The first kappa shape index (κ1) is 20.7. The molecule has 3 N–H and O–H groups in total. The summed E-state index contributed by atoms with van der Waals surface area (Å²) in [5, 5.41) is 2.69. The maximum Gasteiger partial charge on any atom is 0.352 e. The maximum atomic E-state index is 12.9. The minimum atomic E-state index is -0.707. The molecule has 2 amide bonds. The number of nitrogens with two attached hydrogens (primary N) is 1. The number of nitrogens with one attached hydrogen (secondary N) is 1. The van der Waals surface area contributed by atoms with Crippen LogP contribution in [0.15, 0.2) is 76.7 Å². The number of carbonyl (C=O) groups excluding carboxylic acids is 2. The predicted octanol–water partition coefficient (Wildman–Crippen LogP) is 0.691. The minimum Gasteiger partial charge on any atom is -0.366 e. The van der Waals surface area contributed by atoms with Crippen molar-refractivity contribution < 1.29 is 9.59 Å². The van der Waals surface area contributed by atoms with Crippen LogP contribution >= 0.6 is 0 Å². The highest BCUT2D eigenvalue weighted by molar-refractivity contribution is 5.94. The molecule has 0 saturated heterocycles. The Morgan fingerprint density at radius 1 is 1.00 bits per heavy atom. The van der Waals surface area contributed by atoms with Gasteiger partial charge in [-0.3, -0.25) is 23.9 Å². The van der Waals surface area contributed by atoms with Crippen molar-refractivity contribution in [2.75, 3.05) is 5.32 Å². The van der Waals surface area contributed by atoms with Crippen molar-refractivity contribution in [2.45, 2.75) is 13.1 Å². The first-order valence-electron chi connectivity index (χ1n) is 9.61. The molecule has 10 nitrogen and oxygen atoms in total. The zero-order chi connectivity index (χ0) is 22.7. The Balaban J connectivity index is 1.59. The lowest BCUT2D eigenvalue weighted by molar-refractivity contribution is -0.116. The zero-order valence-corrected chi connectivity index (χ0v) is 16.8. The smallest absolute Gasteiger partial charge is 0.352 e. The van der Waals surface area contributed by atoms with Gasteiger partial charge in [0.1, 0.15) is 6.54 Å². The van der Waals surface area contributed by atoms with Crippen molar-refractivity contribution in [3.05, 3.63) is 99.1 Å². The second-order valence-corrected chi connectivity index (χ2v) is 7.00. The standard InChI is InChI=1S/C22H18N6O4/c23-19(30)15-3-5-16(6-4-15)25-18(29)13-27-11-1-2-17-20(27)26-22(32)28(21(17)31)12-14-7-9-24-10-8-14/h1-11H,12-13H2,(H2,23,30)(H,25,29). The third kappa shape index (κ3) is 4.29. The molecule has 2 aromatic rings. The van der Waals surface area contributed by atoms with Gasteiger partial charge in [0.25, 0.3) is 5.56 Å². The summed E-state index contributed by atoms with van der Waals surface area (Å²) in [6.45, 7) is -0.102. The minimum absolute atomic E-state index is 0.0693. The van der Waals surface area contributed by atoms with Crippen LogP contribution in [0.25, 0.3) is 11.4 Å². The highest BCUT2D eigenvalue weighted by Crippen LogP contribution is 2.14. The molecule has 0 radical (unpaired) electrons. The van der Waals surface area contributed by atoms with E-state index in [1.807, 2.05) is 0 Å². The van der Waals surface area contributed by atoms with Crippen LogP contribution in [0.5, 0.6) is 0 Å². The average Bonchev–Trinajstić information content (AvgIpc) is 2.78. The number of fused-ring (bicyclic) bond motifs is 1. The molecule has 160 valence electrons. The van der Waals surface area contributed by atoms with Crippen LogP contribution in [0.4, 0.5) is 5.69 Å². The molecular formula is C22H18N6O4. The van der Waals surface area contributed by atoms with E-state index >= 15 is 0 Å². The van der Waals surface area contributed by atoms with Gasteiger partial charge in [0, 0.05) is 29.8 Å². The fourth-order valence-corrected chi connectivity index (χ4v) is 3.23. The topological polar surface area (TPSA) is 142 Å². The molecular weight excluding hydrogens is 412 g/mol. The number of nitrogens with zero attached hydrogens (tertiary/aromatic N) is 4. The molecule has 1 aromatic carbocycles. The second-order valence-electron chi connectivity index (χ2n) is 7.00. The number of amides is 2. The Labute approximate surface area is 181 Å². The molecule has 0 bridgehead atoms. The summed E-state index contributed by atoms with van der Waals surface area (Å²) in [5.74, 6) is -0.847. The lowest BCUT2D eigenvalue weighted by Crippen LogP contribution is -2.38. The molecule has 0 aliphatic carbocycles. The Morgan fingerprint density at radius 2 is 1.72 bits per heavy atom. The molecule has 2 aliphatic rings. The fraction of sp³-hybridized carbons (Fsp3) is 0.0909. The molecule has 0 saturated carbocycles. The van der Waals surface area contributed by atoms with Crippen LogP contribution in [-0.2, 0) is 17.9 Å². The average molecular weight is 430 g/mol. The van der Waals surface area contributed by atoms with Crippen molar-refractivity contribution in [1.82, 2.24) is 19.1 Å². The number of pyridine rings is 2. The Bertz CT molecular complexity index is 1380. The van der Waals surface area contributed by atoms with Gasteiger partial charge in [0.05, 0.1) is 12.1 Å². The van der Waals surface area contributed by atoms with Gasteiger partial charge >= 0.3 is 5.69 Å². The van der Waals surface area contributed by atoms with Crippen LogP contribution in [0.3, 0.4) is 0 Å². The highest BCUT2D eigenvalue weighted by atomic mass is 16.2. The van der Waals surface area contributed by atoms with Crippen LogP contribution in [0, 0.1) is 0 Å². The number of hydrogen-bond acceptors (Lipinski definition) is 6. The molecule has 32 heavy (non-hydrogen) atoms. The number of aromatic nitrogens is 4. The van der Waals surface area contributed by atoms with Gasteiger partial charge in [-0.05, 0) is 54.1 Å². The first-order valence-corrected chi connectivity index (χ1v) is 9.61. The first-order chi connectivity index (χ1) is 15.4. The summed E-state index contributed by atoms with van der Waals surface area (Å²) >= 11 is 0. The van der Waals surface area contributed by atoms with Gasteiger partial charge in [-0.15, -0.1) is 0 Å². The quantitative estimate of drug-likeness (QED) is 0.461. The lowest BCUT2D eigenvalue weighted by Gasteiger charge is -2.15. The molecule has 2 aliphatic heterocycles. The molecule has 1 aromatic heterocycles. The number of hydrogen-bond donors (Lipinski definition) is 2. The van der Waals surface area contributed by atoms with Crippen molar-refractivity contribution in [3.63, 3.8) is 0 Å². The maximum absolute atomic E-state index is 12.9. The van der Waals surface area contributed by atoms with E-state index < -0.39 is 23.1 Å². The third-order valence-corrected chi connectivity index (χ3v) is 4.81. The summed E-state index contributed by atoms with van der Waals surface area (Å²) < 4.78 is 2.48. The van der Waals surface area contributed by atoms with Crippen LogP contribution in [0.2, 0.25) is 0 Å². The van der Waals surface area contributed by atoms with Gasteiger partial charge in [0.15, 0.2) is 5.82 Å². The van der Waals surface area contributed by atoms with Gasteiger partial charge in [-0.2, -0.15) is 4.98 Å². The van der Waals surface area contributed by atoms with E-state index in [2.05, 4.69) is 15.3 Å². The Morgan fingerprint density at radius 3 is 2.41 bits per heavy atom. The number of rotatable bonds is 6. The van der Waals surface area contributed by atoms with E-state index in [0.717, 1.165) is 10.1 Å². The van der Waals surface area contributed by atoms with E-state index in [1.54, 1.807) is 55.0 Å². The normalized spacial score (nSPS) is 10.8. The Hall–Kier alpha value is -4.60. The number of benzene rings is 1. The monoisotopic (exact) mass is 430 g/mol. The van der Waals surface area contributed by atoms with Crippen LogP contribution < -0.4 is 22.3 Å². The van der Waals surface area contributed by atoms with Gasteiger partial charge in [0.2, 0.25) is 11.8 Å². The SMILES string of the molecule is NC(=O)c1ccc(NC(=O)Cn2cccc3c(=O)n(Cc4ccncc4)c(=O)nc2-3)cc1. The highest BCUT2D eigenvalue weighted by Gasteiger charge is 2.18. The summed E-state index contributed by atoms with van der Waals surface area (Å²) in [4.78, 5) is 57.1. The van der Waals surface area contributed by atoms with E-state index in [0.29, 0.717) is 11.3 Å². The van der Waals surface area contributed by atoms with Crippen molar-refractivity contribution in [3.8, 4) is 11.4 Å². The third-order valence-electron chi connectivity index (χ3n) is 4.81.